The van der Waals surface area contributed by atoms with E-state index < -0.39 is 9.28 Å². The highest BCUT2D eigenvalue weighted by molar-refractivity contribution is 14.1. The second-order valence-corrected chi connectivity index (χ2v) is 5.83. The Balaban J connectivity index is 3.66. The van der Waals surface area contributed by atoms with E-state index in [2.05, 4.69) is 29.5 Å². The third-order valence-electron chi connectivity index (χ3n) is 1.37. The molecule has 0 rings (SSSR count). The summed E-state index contributed by atoms with van der Waals surface area (Å²) in [5.74, 6) is 0. The molecule has 0 aliphatic carbocycles. The first-order valence-corrected chi connectivity index (χ1v) is 7.18. The van der Waals surface area contributed by atoms with Crippen molar-refractivity contribution >= 4 is 31.9 Å². The Bertz CT molecular complexity index is 86.5. The summed E-state index contributed by atoms with van der Waals surface area (Å²) in [5, 5.41) is 0. The minimum absolute atomic E-state index is 0.621. The third-order valence-corrected chi connectivity index (χ3v) is 6.21. The molecule has 0 aliphatic heterocycles. The van der Waals surface area contributed by atoms with Crippen LogP contribution in [0.2, 0.25) is 5.54 Å². The largest absolute Gasteiger partial charge is 0.397 e. The quantitative estimate of drug-likeness (QED) is 0.423. The molecule has 1 unspecified atom stereocenters. The Kier molecular flexibility index (Phi) is 8.10. The van der Waals surface area contributed by atoms with Gasteiger partial charge < -0.3 is 8.85 Å². The summed E-state index contributed by atoms with van der Waals surface area (Å²) in [5.41, 5.74) is 0.621. The van der Waals surface area contributed by atoms with Crippen LogP contribution in [-0.4, -0.2) is 26.9 Å². The third kappa shape index (κ3) is 5.16. The molecule has 0 aromatic carbocycles. The van der Waals surface area contributed by atoms with Gasteiger partial charge in [0.25, 0.3) is 0 Å². The van der Waals surface area contributed by atoms with Crippen molar-refractivity contribution in [2.45, 2.75) is 26.3 Å². The molecule has 11 heavy (non-hydrogen) atoms. The van der Waals surface area contributed by atoms with E-state index in [4.69, 9.17) is 8.85 Å². The average molecular weight is 288 g/mol. The summed E-state index contributed by atoms with van der Waals surface area (Å²) in [6, 6.07) is 0. The van der Waals surface area contributed by atoms with Gasteiger partial charge in [-0.2, -0.15) is 0 Å². The lowest BCUT2D eigenvalue weighted by Gasteiger charge is -2.19. The summed E-state index contributed by atoms with van der Waals surface area (Å²) in [7, 11) is -1.34. The second-order valence-electron chi connectivity index (χ2n) is 2.41. The summed E-state index contributed by atoms with van der Waals surface area (Å²) in [6.07, 6.45) is 0. The summed E-state index contributed by atoms with van der Waals surface area (Å²) >= 11 is 2.38. The number of rotatable bonds is 6. The van der Waals surface area contributed by atoms with Crippen molar-refractivity contribution in [3.63, 3.8) is 0 Å². The molecule has 0 aromatic heterocycles. The first kappa shape index (κ1) is 11.9. The van der Waals surface area contributed by atoms with Gasteiger partial charge in [-0.05, 0) is 13.8 Å². The normalized spacial score (nSPS) is 13.9. The van der Waals surface area contributed by atoms with Gasteiger partial charge in [-0.25, -0.2) is 0 Å². The van der Waals surface area contributed by atoms with Gasteiger partial charge in [0, 0.05) is 23.2 Å². The SMILES string of the molecule is CCO[SiH](OCC)C(C)CI. The molecule has 0 heterocycles. The summed E-state index contributed by atoms with van der Waals surface area (Å²) in [4.78, 5) is 0. The zero-order chi connectivity index (χ0) is 8.69. The van der Waals surface area contributed by atoms with Crippen LogP contribution in [-0.2, 0) is 8.85 Å². The lowest BCUT2D eigenvalue weighted by molar-refractivity contribution is 0.207. The Labute approximate surface area is 84.6 Å². The topological polar surface area (TPSA) is 18.5 Å². The molecule has 0 fully saturated rings. The first-order valence-electron chi connectivity index (χ1n) is 4.05. The Morgan fingerprint density at radius 3 is 2.00 bits per heavy atom. The Hall–Kier alpha value is 0.867. The van der Waals surface area contributed by atoms with E-state index >= 15 is 0 Å². The van der Waals surface area contributed by atoms with Gasteiger partial charge in [-0.15, -0.1) is 0 Å². The molecule has 0 spiro atoms. The van der Waals surface area contributed by atoms with Crippen LogP contribution < -0.4 is 0 Å². The molecule has 0 amide bonds. The van der Waals surface area contributed by atoms with Crippen molar-refractivity contribution in [3.05, 3.63) is 0 Å². The Morgan fingerprint density at radius 1 is 1.27 bits per heavy atom. The molecule has 0 radical (unpaired) electrons. The van der Waals surface area contributed by atoms with Crippen LogP contribution in [0.4, 0.5) is 0 Å². The van der Waals surface area contributed by atoms with E-state index in [-0.39, 0.29) is 0 Å². The van der Waals surface area contributed by atoms with E-state index in [1.54, 1.807) is 0 Å². The Morgan fingerprint density at radius 2 is 1.73 bits per heavy atom. The molecule has 1 atom stereocenters. The van der Waals surface area contributed by atoms with Crippen molar-refractivity contribution in [1.82, 2.24) is 0 Å². The van der Waals surface area contributed by atoms with Crippen LogP contribution >= 0.6 is 22.6 Å². The van der Waals surface area contributed by atoms with Gasteiger partial charge >= 0.3 is 9.28 Å². The monoisotopic (exact) mass is 288 g/mol. The predicted octanol–water partition coefficient (Wildman–Crippen LogP) is 2.10. The van der Waals surface area contributed by atoms with E-state index in [0.29, 0.717) is 5.54 Å². The molecule has 68 valence electrons. The van der Waals surface area contributed by atoms with Crippen molar-refractivity contribution in [2.75, 3.05) is 17.6 Å². The van der Waals surface area contributed by atoms with Crippen molar-refractivity contribution in [1.29, 1.82) is 0 Å². The molecule has 0 aliphatic rings. The fraction of sp³-hybridized carbons (Fsp3) is 1.00. The number of hydrogen-bond donors (Lipinski definition) is 0. The lowest BCUT2D eigenvalue weighted by atomic mass is 10.6. The van der Waals surface area contributed by atoms with Crippen LogP contribution in [0, 0.1) is 0 Å². The smallest absolute Gasteiger partial charge is 0.325 e. The van der Waals surface area contributed by atoms with Crippen molar-refractivity contribution in [2.24, 2.45) is 0 Å². The summed E-state index contributed by atoms with van der Waals surface area (Å²) < 4.78 is 12.2. The lowest BCUT2D eigenvalue weighted by Crippen LogP contribution is -2.28. The van der Waals surface area contributed by atoms with E-state index in [9.17, 15) is 0 Å². The average Bonchev–Trinajstić information content (AvgIpc) is 2.03. The maximum atomic E-state index is 5.55. The minimum Gasteiger partial charge on any atom is -0.397 e. The van der Waals surface area contributed by atoms with Crippen LogP contribution in [0.1, 0.15) is 20.8 Å². The highest BCUT2D eigenvalue weighted by Gasteiger charge is 2.19. The van der Waals surface area contributed by atoms with Crippen LogP contribution in [0.15, 0.2) is 0 Å². The fourth-order valence-corrected chi connectivity index (χ4v) is 3.58. The van der Waals surface area contributed by atoms with E-state index in [0.717, 1.165) is 17.6 Å². The zero-order valence-electron chi connectivity index (χ0n) is 7.47. The van der Waals surface area contributed by atoms with Gasteiger partial charge in [-0.3, -0.25) is 0 Å². The number of hydrogen-bond acceptors (Lipinski definition) is 2. The van der Waals surface area contributed by atoms with Gasteiger partial charge in [0.15, 0.2) is 0 Å². The molecule has 2 nitrogen and oxygen atoms in total. The van der Waals surface area contributed by atoms with E-state index in [1.807, 2.05) is 13.8 Å². The maximum Gasteiger partial charge on any atom is 0.325 e. The standard InChI is InChI=1S/C7H17IO2Si/c1-4-9-11(10-5-2)7(3)6-8/h7,11H,4-6H2,1-3H3. The number of halogens is 1. The summed E-state index contributed by atoms with van der Waals surface area (Å²) in [6.45, 7) is 7.84. The molecular formula is C7H17IO2Si. The molecule has 0 saturated carbocycles. The molecule has 0 N–H and O–H groups in total. The maximum absolute atomic E-state index is 5.55. The zero-order valence-corrected chi connectivity index (χ0v) is 10.8. The molecular weight excluding hydrogens is 271 g/mol. The van der Waals surface area contributed by atoms with Gasteiger partial charge in [0.1, 0.15) is 0 Å². The highest BCUT2D eigenvalue weighted by atomic mass is 127. The van der Waals surface area contributed by atoms with Crippen molar-refractivity contribution < 1.29 is 8.85 Å². The second kappa shape index (κ2) is 7.51. The van der Waals surface area contributed by atoms with Crippen LogP contribution in [0.25, 0.3) is 0 Å². The molecule has 4 heteroatoms. The van der Waals surface area contributed by atoms with Crippen molar-refractivity contribution in [3.8, 4) is 0 Å². The van der Waals surface area contributed by atoms with Crippen LogP contribution in [0.3, 0.4) is 0 Å². The minimum atomic E-state index is -1.34. The van der Waals surface area contributed by atoms with Gasteiger partial charge in [0.2, 0.25) is 0 Å². The first-order chi connectivity index (χ1) is 5.26. The number of alkyl halides is 1. The van der Waals surface area contributed by atoms with Gasteiger partial charge in [0.05, 0.1) is 0 Å². The molecule has 0 saturated heterocycles. The molecule has 0 bridgehead atoms. The van der Waals surface area contributed by atoms with Gasteiger partial charge in [-0.1, -0.05) is 29.5 Å². The highest BCUT2D eigenvalue weighted by Crippen LogP contribution is 2.14. The predicted molar refractivity (Wildman–Crippen MR) is 58.7 cm³/mol. The fourth-order valence-electron chi connectivity index (χ4n) is 0.778. The van der Waals surface area contributed by atoms with Crippen LogP contribution in [0.5, 0.6) is 0 Å². The molecule has 0 aromatic rings. The van der Waals surface area contributed by atoms with E-state index in [1.165, 1.54) is 0 Å².